The number of aromatic nitrogens is 2. The largest absolute Gasteiger partial charge is 0.311 e. The Morgan fingerprint density at radius 2 is 2.06 bits per heavy atom. The third-order valence-electron chi connectivity index (χ3n) is 3.61. The van der Waals surface area contributed by atoms with E-state index in [1.54, 1.807) is 0 Å². The first kappa shape index (κ1) is 12.5. The van der Waals surface area contributed by atoms with Gasteiger partial charge in [0, 0.05) is 18.7 Å². The molecular weight excluding hydrogens is 210 g/mol. The molecule has 0 saturated heterocycles. The number of hydrogen-bond acceptors (Lipinski definition) is 3. The Labute approximate surface area is 104 Å². The van der Waals surface area contributed by atoms with Gasteiger partial charge in [0.25, 0.3) is 0 Å². The van der Waals surface area contributed by atoms with Crippen LogP contribution in [0.3, 0.4) is 0 Å². The van der Waals surface area contributed by atoms with Crippen molar-refractivity contribution < 1.29 is 0 Å². The van der Waals surface area contributed by atoms with Crippen molar-refractivity contribution in [2.75, 3.05) is 6.54 Å². The molecule has 0 spiro atoms. The Morgan fingerprint density at radius 1 is 1.29 bits per heavy atom. The second kappa shape index (κ2) is 6.10. The van der Waals surface area contributed by atoms with E-state index in [1.165, 1.54) is 43.4 Å². The van der Waals surface area contributed by atoms with Crippen molar-refractivity contribution >= 4 is 0 Å². The summed E-state index contributed by atoms with van der Waals surface area (Å²) in [7, 11) is 0. The monoisotopic (exact) mass is 233 g/mol. The molecule has 0 bridgehead atoms. The maximum absolute atomic E-state index is 4.76. The lowest BCUT2D eigenvalue weighted by Crippen LogP contribution is -2.17. The Hall–Kier alpha value is -0.960. The molecule has 1 aliphatic carbocycles. The van der Waals surface area contributed by atoms with E-state index in [0.29, 0.717) is 5.92 Å². The molecular formula is C14H23N3. The van der Waals surface area contributed by atoms with Crippen molar-refractivity contribution in [2.24, 2.45) is 0 Å². The van der Waals surface area contributed by atoms with Crippen LogP contribution in [-0.2, 0) is 6.54 Å². The number of hydrogen-bond donors (Lipinski definition) is 1. The molecule has 0 unspecified atom stereocenters. The second-order valence-corrected chi connectivity index (χ2v) is 4.97. The van der Waals surface area contributed by atoms with Crippen LogP contribution in [0, 0.1) is 6.92 Å². The molecule has 1 fully saturated rings. The molecule has 0 aromatic carbocycles. The lowest BCUT2D eigenvalue weighted by Gasteiger charge is -2.20. The Bertz CT molecular complexity index is 356. The average Bonchev–Trinajstić information content (AvgIpc) is 2.39. The van der Waals surface area contributed by atoms with Gasteiger partial charge in [-0.25, -0.2) is 9.97 Å². The highest BCUT2D eigenvalue weighted by molar-refractivity contribution is 5.17. The first-order valence-electron chi connectivity index (χ1n) is 6.84. The van der Waals surface area contributed by atoms with E-state index in [2.05, 4.69) is 24.1 Å². The summed E-state index contributed by atoms with van der Waals surface area (Å²) in [5.74, 6) is 1.67. The fourth-order valence-corrected chi connectivity index (χ4v) is 2.47. The SMILES string of the molecule is CCNCc1nc(C2CCCCC2)ncc1C. The quantitative estimate of drug-likeness (QED) is 0.869. The Kier molecular flexibility index (Phi) is 4.49. The Balaban J connectivity index is 2.11. The van der Waals surface area contributed by atoms with Crippen LogP contribution in [-0.4, -0.2) is 16.5 Å². The molecule has 1 N–H and O–H groups in total. The van der Waals surface area contributed by atoms with E-state index in [9.17, 15) is 0 Å². The van der Waals surface area contributed by atoms with Crippen LogP contribution in [0.1, 0.15) is 62.0 Å². The molecule has 2 rings (SSSR count). The molecule has 1 saturated carbocycles. The smallest absolute Gasteiger partial charge is 0.131 e. The fourth-order valence-electron chi connectivity index (χ4n) is 2.47. The molecule has 1 heterocycles. The van der Waals surface area contributed by atoms with Crippen molar-refractivity contribution in [1.82, 2.24) is 15.3 Å². The molecule has 3 nitrogen and oxygen atoms in total. The molecule has 94 valence electrons. The minimum atomic E-state index is 0.602. The van der Waals surface area contributed by atoms with Gasteiger partial charge in [0.15, 0.2) is 0 Å². The van der Waals surface area contributed by atoms with Crippen LogP contribution in [0.25, 0.3) is 0 Å². The van der Waals surface area contributed by atoms with Gasteiger partial charge in [0.2, 0.25) is 0 Å². The van der Waals surface area contributed by atoms with E-state index in [0.717, 1.165) is 18.9 Å². The zero-order chi connectivity index (χ0) is 12.1. The lowest BCUT2D eigenvalue weighted by atomic mass is 9.88. The Morgan fingerprint density at radius 3 is 2.76 bits per heavy atom. The number of nitrogens with one attached hydrogen (secondary N) is 1. The maximum Gasteiger partial charge on any atom is 0.131 e. The van der Waals surface area contributed by atoms with Gasteiger partial charge in [0.1, 0.15) is 5.82 Å². The zero-order valence-electron chi connectivity index (χ0n) is 11.0. The molecule has 0 radical (unpaired) electrons. The van der Waals surface area contributed by atoms with Crippen LogP contribution in [0.4, 0.5) is 0 Å². The van der Waals surface area contributed by atoms with E-state index >= 15 is 0 Å². The van der Waals surface area contributed by atoms with Crippen LogP contribution < -0.4 is 5.32 Å². The highest BCUT2D eigenvalue weighted by Crippen LogP contribution is 2.30. The van der Waals surface area contributed by atoms with Crippen LogP contribution >= 0.6 is 0 Å². The summed E-state index contributed by atoms with van der Waals surface area (Å²) in [5.41, 5.74) is 2.37. The van der Waals surface area contributed by atoms with Gasteiger partial charge in [-0.05, 0) is 31.9 Å². The average molecular weight is 233 g/mol. The van der Waals surface area contributed by atoms with Crippen LogP contribution in [0.5, 0.6) is 0 Å². The van der Waals surface area contributed by atoms with Crippen LogP contribution in [0.15, 0.2) is 6.20 Å². The number of nitrogens with zero attached hydrogens (tertiary/aromatic N) is 2. The molecule has 3 heteroatoms. The molecule has 0 atom stereocenters. The lowest BCUT2D eigenvalue weighted by molar-refractivity contribution is 0.427. The molecule has 0 aliphatic heterocycles. The summed E-state index contributed by atoms with van der Waals surface area (Å²) in [5, 5.41) is 3.35. The zero-order valence-corrected chi connectivity index (χ0v) is 11.0. The predicted molar refractivity (Wildman–Crippen MR) is 70.0 cm³/mol. The van der Waals surface area contributed by atoms with Crippen molar-refractivity contribution in [3.05, 3.63) is 23.3 Å². The fraction of sp³-hybridized carbons (Fsp3) is 0.714. The van der Waals surface area contributed by atoms with Crippen molar-refractivity contribution in [3.63, 3.8) is 0 Å². The van der Waals surface area contributed by atoms with Gasteiger partial charge in [-0.15, -0.1) is 0 Å². The summed E-state index contributed by atoms with van der Waals surface area (Å²) in [6.45, 7) is 6.07. The normalized spacial score (nSPS) is 17.3. The standard InChI is InChI=1S/C14H23N3/c1-3-15-10-13-11(2)9-16-14(17-13)12-7-5-4-6-8-12/h9,12,15H,3-8,10H2,1-2H3. The molecule has 1 aliphatic rings. The third kappa shape index (κ3) is 3.25. The van der Waals surface area contributed by atoms with Crippen molar-refractivity contribution in [3.8, 4) is 0 Å². The molecule has 0 amide bonds. The minimum Gasteiger partial charge on any atom is -0.311 e. The third-order valence-corrected chi connectivity index (χ3v) is 3.61. The highest BCUT2D eigenvalue weighted by atomic mass is 14.9. The van der Waals surface area contributed by atoms with Crippen molar-refractivity contribution in [2.45, 2.75) is 58.4 Å². The van der Waals surface area contributed by atoms with E-state index < -0.39 is 0 Å². The van der Waals surface area contributed by atoms with Gasteiger partial charge in [-0.3, -0.25) is 0 Å². The summed E-state index contributed by atoms with van der Waals surface area (Å²) >= 11 is 0. The summed E-state index contributed by atoms with van der Waals surface area (Å²) in [6, 6.07) is 0. The van der Waals surface area contributed by atoms with Crippen molar-refractivity contribution in [1.29, 1.82) is 0 Å². The van der Waals surface area contributed by atoms with Gasteiger partial charge < -0.3 is 5.32 Å². The van der Waals surface area contributed by atoms with Gasteiger partial charge >= 0.3 is 0 Å². The molecule has 1 aromatic heterocycles. The van der Waals surface area contributed by atoms with E-state index in [1.807, 2.05) is 6.20 Å². The summed E-state index contributed by atoms with van der Waals surface area (Å²) in [4.78, 5) is 9.29. The molecule has 1 aromatic rings. The van der Waals surface area contributed by atoms with E-state index in [-0.39, 0.29) is 0 Å². The number of aryl methyl sites for hydroxylation is 1. The van der Waals surface area contributed by atoms with Gasteiger partial charge in [-0.2, -0.15) is 0 Å². The topological polar surface area (TPSA) is 37.8 Å². The van der Waals surface area contributed by atoms with Gasteiger partial charge in [0.05, 0.1) is 5.69 Å². The summed E-state index contributed by atoms with van der Waals surface area (Å²) in [6.07, 6.45) is 8.58. The molecule has 17 heavy (non-hydrogen) atoms. The minimum absolute atomic E-state index is 0.602. The first-order valence-corrected chi connectivity index (χ1v) is 6.84. The maximum atomic E-state index is 4.76. The van der Waals surface area contributed by atoms with Gasteiger partial charge in [-0.1, -0.05) is 26.2 Å². The highest BCUT2D eigenvalue weighted by Gasteiger charge is 2.18. The summed E-state index contributed by atoms with van der Waals surface area (Å²) < 4.78 is 0. The predicted octanol–water partition coefficient (Wildman–Crippen LogP) is 2.94. The van der Waals surface area contributed by atoms with Crippen LogP contribution in [0.2, 0.25) is 0 Å². The first-order chi connectivity index (χ1) is 8.31. The number of rotatable bonds is 4. The van der Waals surface area contributed by atoms with E-state index in [4.69, 9.17) is 4.98 Å². The second-order valence-electron chi connectivity index (χ2n) is 4.97.